The van der Waals surface area contributed by atoms with Crippen LogP contribution in [0.15, 0.2) is 12.3 Å². The minimum atomic E-state index is -0.614. The highest BCUT2D eigenvalue weighted by molar-refractivity contribution is 5.88. The van der Waals surface area contributed by atoms with Crippen molar-refractivity contribution in [1.29, 1.82) is 0 Å². The summed E-state index contributed by atoms with van der Waals surface area (Å²) in [7, 11) is 3.99. The fraction of sp³-hybridized carbons (Fsp3) is 0.692. The maximum atomic E-state index is 11.8. The summed E-state index contributed by atoms with van der Waals surface area (Å²) in [6.45, 7) is 5.24. The van der Waals surface area contributed by atoms with Gasteiger partial charge < -0.3 is 15.3 Å². The van der Waals surface area contributed by atoms with Crippen molar-refractivity contribution in [2.75, 3.05) is 32.6 Å². The lowest BCUT2D eigenvalue weighted by Crippen LogP contribution is -2.50. The van der Waals surface area contributed by atoms with Crippen LogP contribution in [-0.4, -0.2) is 58.6 Å². The quantitative estimate of drug-likeness (QED) is 0.689. The summed E-state index contributed by atoms with van der Waals surface area (Å²) in [5.74, 6) is 0.498. The van der Waals surface area contributed by atoms with Crippen molar-refractivity contribution >= 4 is 11.8 Å². The van der Waals surface area contributed by atoms with E-state index in [4.69, 9.17) is 0 Å². The van der Waals surface area contributed by atoms with Gasteiger partial charge in [-0.3, -0.25) is 10.00 Å². The van der Waals surface area contributed by atoms with E-state index in [1.165, 1.54) is 0 Å². The van der Waals surface area contributed by atoms with Gasteiger partial charge in [0.2, 0.25) is 0 Å². The highest BCUT2D eigenvalue weighted by Crippen LogP contribution is 2.09. The van der Waals surface area contributed by atoms with Crippen LogP contribution in [0.1, 0.15) is 20.3 Å². The van der Waals surface area contributed by atoms with Gasteiger partial charge in [-0.2, -0.15) is 5.10 Å². The molecule has 0 radical (unpaired) electrons. The lowest BCUT2D eigenvalue weighted by atomic mass is 10.0. The number of nitrogens with zero attached hydrogens (tertiary/aromatic N) is 3. The molecule has 0 bridgehead atoms. The number of amides is 2. The molecule has 2 amide bonds. The molecule has 1 heterocycles. The standard InChI is InChI=1S/C13H25N5O2/c1-5-13(2,10-19)15-12(20)14-11-6-7-18(16-11)9-8-17(3)4/h6-7,19H,5,8-10H2,1-4H3,(H2,14,15,16,20). The zero-order chi connectivity index (χ0) is 15.2. The van der Waals surface area contributed by atoms with Gasteiger partial charge >= 0.3 is 6.03 Å². The van der Waals surface area contributed by atoms with Crippen LogP contribution in [0.5, 0.6) is 0 Å². The van der Waals surface area contributed by atoms with Crippen molar-refractivity contribution in [1.82, 2.24) is 20.0 Å². The minimum Gasteiger partial charge on any atom is -0.394 e. The van der Waals surface area contributed by atoms with Crippen molar-refractivity contribution < 1.29 is 9.90 Å². The number of aliphatic hydroxyl groups is 1. The second-order valence-corrected chi connectivity index (χ2v) is 5.42. The normalized spacial score (nSPS) is 14.1. The molecule has 1 unspecified atom stereocenters. The predicted molar refractivity (Wildman–Crippen MR) is 78.7 cm³/mol. The van der Waals surface area contributed by atoms with Gasteiger partial charge in [0.1, 0.15) is 0 Å². The SMILES string of the molecule is CCC(C)(CO)NC(=O)Nc1ccn(CCN(C)C)n1. The maximum Gasteiger partial charge on any atom is 0.320 e. The Morgan fingerprint density at radius 1 is 1.55 bits per heavy atom. The van der Waals surface area contributed by atoms with Gasteiger partial charge in [-0.05, 0) is 27.4 Å². The van der Waals surface area contributed by atoms with Gasteiger partial charge in [0.15, 0.2) is 5.82 Å². The first-order valence-corrected chi connectivity index (χ1v) is 6.77. The van der Waals surface area contributed by atoms with E-state index in [1.807, 2.05) is 27.2 Å². The Morgan fingerprint density at radius 2 is 2.25 bits per heavy atom. The molecule has 0 spiro atoms. The van der Waals surface area contributed by atoms with Gasteiger partial charge in [0.25, 0.3) is 0 Å². The van der Waals surface area contributed by atoms with E-state index in [2.05, 4.69) is 20.6 Å². The molecule has 0 aliphatic heterocycles. The zero-order valence-electron chi connectivity index (χ0n) is 12.7. The van der Waals surface area contributed by atoms with Crippen LogP contribution in [0.2, 0.25) is 0 Å². The molecule has 20 heavy (non-hydrogen) atoms. The molecule has 0 saturated carbocycles. The first kappa shape index (κ1) is 16.5. The lowest BCUT2D eigenvalue weighted by molar-refractivity contribution is 0.172. The summed E-state index contributed by atoms with van der Waals surface area (Å²) in [5.41, 5.74) is -0.614. The maximum absolute atomic E-state index is 11.8. The number of hydrogen-bond acceptors (Lipinski definition) is 4. The van der Waals surface area contributed by atoms with Crippen molar-refractivity contribution in [3.8, 4) is 0 Å². The average Bonchev–Trinajstić information content (AvgIpc) is 2.83. The Labute approximate surface area is 120 Å². The molecule has 0 aliphatic carbocycles. The molecular weight excluding hydrogens is 258 g/mol. The molecule has 1 aromatic rings. The summed E-state index contributed by atoms with van der Waals surface area (Å²) in [6.07, 6.45) is 2.47. The highest BCUT2D eigenvalue weighted by Gasteiger charge is 2.23. The third kappa shape index (κ3) is 5.18. The van der Waals surface area contributed by atoms with E-state index in [1.54, 1.807) is 17.7 Å². The van der Waals surface area contributed by atoms with Crippen LogP contribution in [0.3, 0.4) is 0 Å². The van der Waals surface area contributed by atoms with Crippen molar-refractivity contribution in [3.05, 3.63) is 12.3 Å². The summed E-state index contributed by atoms with van der Waals surface area (Å²) in [4.78, 5) is 13.9. The van der Waals surface area contributed by atoms with E-state index >= 15 is 0 Å². The van der Waals surface area contributed by atoms with Crippen LogP contribution in [0, 0.1) is 0 Å². The average molecular weight is 283 g/mol. The number of nitrogens with one attached hydrogen (secondary N) is 2. The molecule has 1 atom stereocenters. The Hall–Kier alpha value is -1.60. The number of likely N-dealkylation sites (N-methyl/N-ethyl adjacent to an activating group) is 1. The Kier molecular flexibility index (Phi) is 5.97. The molecule has 0 saturated heterocycles. The summed E-state index contributed by atoms with van der Waals surface area (Å²) in [5, 5.41) is 18.9. The molecule has 0 aliphatic rings. The van der Waals surface area contributed by atoms with E-state index in [0.29, 0.717) is 12.2 Å². The van der Waals surface area contributed by atoms with Crippen LogP contribution < -0.4 is 10.6 Å². The fourth-order valence-corrected chi connectivity index (χ4v) is 1.52. The number of carbonyl (C=O) groups excluding carboxylic acids is 1. The molecule has 0 aromatic carbocycles. The number of anilines is 1. The number of aromatic nitrogens is 2. The molecule has 0 fully saturated rings. The Bertz CT molecular complexity index is 426. The van der Waals surface area contributed by atoms with Crippen LogP contribution in [0.4, 0.5) is 10.6 Å². The molecule has 3 N–H and O–H groups in total. The third-order valence-electron chi connectivity index (χ3n) is 3.20. The molecular formula is C13H25N5O2. The second-order valence-electron chi connectivity index (χ2n) is 5.42. The molecule has 1 aromatic heterocycles. The number of rotatable bonds is 7. The van der Waals surface area contributed by atoms with Crippen molar-refractivity contribution in [3.63, 3.8) is 0 Å². The van der Waals surface area contributed by atoms with E-state index < -0.39 is 5.54 Å². The molecule has 114 valence electrons. The van der Waals surface area contributed by atoms with Gasteiger partial charge in [0, 0.05) is 18.8 Å². The van der Waals surface area contributed by atoms with Gasteiger partial charge in [0.05, 0.1) is 18.7 Å². The largest absolute Gasteiger partial charge is 0.394 e. The number of carbonyl (C=O) groups is 1. The smallest absolute Gasteiger partial charge is 0.320 e. The number of urea groups is 1. The summed E-state index contributed by atoms with van der Waals surface area (Å²) in [6, 6.07) is 1.39. The highest BCUT2D eigenvalue weighted by atomic mass is 16.3. The monoisotopic (exact) mass is 283 g/mol. The topological polar surface area (TPSA) is 82.4 Å². The predicted octanol–water partition coefficient (Wildman–Crippen LogP) is 0.727. The fourth-order valence-electron chi connectivity index (χ4n) is 1.52. The summed E-state index contributed by atoms with van der Waals surface area (Å²) >= 11 is 0. The minimum absolute atomic E-state index is 0.103. The van der Waals surface area contributed by atoms with E-state index in [-0.39, 0.29) is 12.6 Å². The van der Waals surface area contributed by atoms with Crippen LogP contribution >= 0.6 is 0 Å². The Morgan fingerprint density at radius 3 is 2.80 bits per heavy atom. The third-order valence-corrected chi connectivity index (χ3v) is 3.20. The van der Waals surface area contributed by atoms with Crippen molar-refractivity contribution in [2.24, 2.45) is 0 Å². The number of hydrogen-bond donors (Lipinski definition) is 3. The van der Waals surface area contributed by atoms with Gasteiger partial charge in [-0.15, -0.1) is 0 Å². The Balaban J connectivity index is 2.50. The van der Waals surface area contributed by atoms with Gasteiger partial charge in [-0.1, -0.05) is 6.92 Å². The lowest BCUT2D eigenvalue weighted by Gasteiger charge is -2.26. The number of aliphatic hydroxyl groups excluding tert-OH is 1. The zero-order valence-corrected chi connectivity index (χ0v) is 12.7. The molecule has 1 rings (SSSR count). The summed E-state index contributed by atoms with van der Waals surface area (Å²) < 4.78 is 1.78. The van der Waals surface area contributed by atoms with Crippen LogP contribution in [-0.2, 0) is 6.54 Å². The second kappa shape index (κ2) is 7.25. The van der Waals surface area contributed by atoms with Gasteiger partial charge in [-0.25, -0.2) is 4.79 Å². The first-order valence-electron chi connectivity index (χ1n) is 6.77. The van der Waals surface area contributed by atoms with E-state index in [9.17, 15) is 9.90 Å². The molecule has 7 heteroatoms. The van der Waals surface area contributed by atoms with Crippen molar-refractivity contribution in [2.45, 2.75) is 32.4 Å². The molecule has 7 nitrogen and oxygen atoms in total. The first-order chi connectivity index (χ1) is 9.38. The van der Waals surface area contributed by atoms with Crippen LogP contribution in [0.25, 0.3) is 0 Å². The van der Waals surface area contributed by atoms with E-state index in [0.717, 1.165) is 13.1 Å².